The normalized spacial score (nSPS) is 31.9. The molecule has 86 valence electrons. The standard InChI is InChI=1S/C14H20N2/c1-11-3-2-4-13-12(9-11)10-16-14(13)5-7-15-8-6-14/h2-4,9,11,15-16H,5-8,10H2,1H3. The van der Waals surface area contributed by atoms with Gasteiger partial charge in [-0.25, -0.2) is 0 Å². The quantitative estimate of drug-likeness (QED) is 0.645. The topological polar surface area (TPSA) is 24.1 Å². The molecule has 2 heteroatoms. The number of nitrogens with one attached hydrogen (secondary N) is 2. The van der Waals surface area contributed by atoms with Crippen molar-refractivity contribution in [2.75, 3.05) is 19.6 Å². The van der Waals surface area contributed by atoms with Crippen LogP contribution < -0.4 is 10.6 Å². The smallest absolute Gasteiger partial charge is 0.0464 e. The first-order valence-corrected chi connectivity index (χ1v) is 6.36. The first kappa shape index (κ1) is 10.3. The highest BCUT2D eigenvalue weighted by atomic mass is 15.1. The summed E-state index contributed by atoms with van der Waals surface area (Å²) in [6, 6.07) is 0. The zero-order valence-corrected chi connectivity index (χ0v) is 9.92. The highest BCUT2D eigenvalue weighted by Gasteiger charge is 2.41. The Morgan fingerprint density at radius 1 is 1.31 bits per heavy atom. The van der Waals surface area contributed by atoms with Crippen LogP contribution in [0.4, 0.5) is 0 Å². The molecule has 2 nitrogen and oxygen atoms in total. The Labute approximate surface area is 97.5 Å². The minimum absolute atomic E-state index is 0.269. The summed E-state index contributed by atoms with van der Waals surface area (Å²) in [5, 5.41) is 7.20. The Hall–Kier alpha value is -0.860. The van der Waals surface area contributed by atoms with E-state index < -0.39 is 0 Å². The van der Waals surface area contributed by atoms with Crippen LogP contribution >= 0.6 is 0 Å². The molecule has 1 spiro atoms. The largest absolute Gasteiger partial charge is 0.317 e. The van der Waals surface area contributed by atoms with Crippen molar-refractivity contribution in [1.29, 1.82) is 0 Å². The Morgan fingerprint density at radius 2 is 2.12 bits per heavy atom. The van der Waals surface area contributed by atoms with Gasteiger partial charge in [0.1, 0.15) is 0 Å². The Balaban J connectivity index is 1.97. The van der Waals surface area contributed by atoms with Gasteiger partial charge in [-0.2, -0.15) is 0 Å². The summed E-state index contributed by atoms with van der Waals surface area (Å²) < 4.78 is 0. The van der Waals surface area contributed by atoms with Crippen LogP contribution in [0.5, 0.6) is 0 Å². The molecule has 1 aliphatic carbocycles. The van der Waals surface area contributed by atoms with E-state index in [1.807, 2.05) is 0 Å². The number of allylic oxidation sites excluding steroid dienone is 4. The SMILES string of the molecule is CC1C=CC=C2C(=C1)CNC21CCNCC1. The van der Waals surface area contributed by atoms with Gasteiger partial charge in [0.05, 0.1) is 0 Å². The fraction of sp³-hybridized carbons (Fsp3) is 0.571. The van der Waals surface area contributed by atoms with Crippen molar-refractivity contribution in [3.8, 4) is 0 Å². The maximum absolute atomic E-state index is 3.75. The Kier molecular flexibility index (Phi) is 2.49. The zero-order chi connectivity index (χ0) is 11.0. The molecule has 16 heavy (non-hydrogen) atoms. The van der Waals surface area contributed by atoms with Gasteiger partial charge in [-0.3, -0.25) is 0 Å². The lowest BCUT2D eigenvalue weighted by atomic mass is 9.81. The van der Waals surface area contributed by atoms with E-state index in [9.17, 15) is 0 Å². The van der Waals surface area contributed by atoms with E-state index in [2.05, 4.69) is 41.9 Å². The molecule has 0 radical (unpaired) electrons. The van der Waals surface area contributed by atoms with Crippen LogP contribution in [0.1, 0.15) is 19.8 Å². The van der Waals surface area contributed by atoms with E-state index in [0.29, 0.717) is 5.92 Å². The van der Waals surface area contributed by atoms with Gasteiger partial charge in [-0.15, -0.1) is 0 Å². The van der Waals surface area contributed by atoms with Crippen LogP contribution in [0.2, 0.25) is 0 Å². The number of hydrogen-bond donors (Lipinski definition) is 2. The van der Waals surface area contributed by atoms with E-state index in [-0.39, 0.29) is 5.54 Å². The van der Waals surface area contributed by atoms with Crippen LogP contribution in [0.3, 0.4) is 0 Å². The van der Waals surface area contributed by atoms with Crippen molar-refractivity contribution >= 4 is 0 Å². The van der Waals surface area contributed by atoms with Gasteiger partial charge in [0.25, 0.3) is 0 Å². The minimum atomic E-state index is 0.269. The van der Waals surface area contributed by atoms with Crippen molar-refractivity contribution in [2.24, 2.45) is 5.92 Å². The molecule has 0 saturated carbocycles. The molecule has 2 N–H and O–H groups in total. The number of rotatable bonds is 0. The second kappa shape index (κ2) is 3.86. The number of fused-ring (bicyclic) bond motifs is 2. The second-order valence-electron chi connectivity index (χ2n) is 5.20. The van der Waals surface area contributed by atoms with Crippen LogP contribution in [-0.4, -0.2) is 25.2 Å². The van der Waals surface area contributed by atoms with E-state index >= 15 is 0 Å². The third-order valence-corrected chi connectivity index (χ3v) is 4.08. The first-order chi connectivity index (χ1) is 7.80. The fourth-order valence-corrected chi connectivity index (χ4v) is 3.18. The highest BCUT2D eigenvalue weighted by Crippen LogP contribution is 2.38. The summed E-state index contributed by atoms with van der Waals surface area (Å²) in [7, 11) is 0. The average Bonchev–Trinajstić information content (AvgIpc) is 2.50. The summed E-state index contributed by atoms with van der Waals surface area (Å²) in [5.74, 6) is 0.572. The number of hydrogen-bond acceptors (Lipinski definition) is 2. The maximum atomic E-state index is 3.75. The first-order valence-electron chi connectivity index (χ1n) is 6.36. The Morgan fingerprint density at radius 3 is 2.94 bits per heavy atom. The summed E-state index contributed by atoms with van der Waals surface area (Å²) in [6.45, 7) is 5.58. The van der Waals surface area contributed by atoms with E-state index in [1.54, 1.807) is 5.57 Å². The zero-order valence-electron chi connectivity index (χ0n) is 9.92. The van der Waals surface area contributed by atoms with Gasteiger partial charge in [-0.1, -0.05) is 31.2 Å². The molecule has 2 heterocycles. The molecule has 0 bridgehead atoms. The van der Waals surface area contributed by atoms with Crippen LogP contribution in [0, 0.1) is 5.92 Å². The predicted octanol–water partition coefficient (Wildman–Crippen LogP) is 1.77. The highest BCUT2D eigenvalue weighted by molar-refractivity contribution is 5.49. The summed E-state index contributed by atoms with van der Waals surface area (Å²) in [4.78, 5) is 0. The van der Waals surface area contributed by atoms with Gasteiger partial charge < -0.3 is 10.6 Å². The lowest BCUT2D eigenvalue weighted by Crippen LogP contribution is -2.49. The molecule has 3 aliphatic rings. The van der Waals surface area contributed by atoms with E-state index in [4.69, 9.17) is 0 Å². The lowest BCUT2D eigenvalue weighted by Gasteiger charge is -2.35. The fourth-order valence-electron chi connectivity index (χ4n) is 3.18. The molecule has 2 fully saturated rings. The van der Waals surface area contributed by atoms with E-state index in [0.717, 1.165) is 19.6 Å². The molecule has 0 aromatic heterocycles. The molecule has 0 amide bonds. The van der Waals surface area contributed by atoms with Crippen LogP contribution in [0.15, 0.2) is 35.5 Å². The molecule has 0 aromatic rings. The summed E-state index contributed by atoms with van der Waals surface area (Å²) >= 11 is 0. The van der Waals surface area contributed by atoms with Gasteiger partial charge in [-0.05, 0) is 43.0 Å². The molecule has 2 saturated heterocycles. The monoisotopic (exact) mass is 216 g/mol. The molecule has 1 unspecified atom stereocenters. The molecule has 3 rings (SSSR count). The lowest BCUT2D eigenvalue weighted by molar-refractivity contribution is 0.321. The van der Waals surface area contributed by atoms with Gasteiger partial charge in [0.15, 0.2) is 0 Å². The van der Waals surface area contributed by atoms with Gasteiger partial charge >= 0.3 is 0 Å². The molecule has 2 aliphatic heterocycles. The van der Waals surface area contributed by atoms with Crippen LogP contribution in [-0.2, 0) is 0 Å². The third kappa shape index (κ3) is 1.57. The second-order valence-corrected chi connectivity index (χ2v) is 5.20. The maximum Gasteiger partial charge on any atom is 0.0464 e. The van der Waals surface area contributed by atoms with Crippen LogP contribution in [0.25, 0.3) is 0 Å². The number of piperidine rings is 1. The summed E-state index contributed by atoms with van der Waals surface area (Å²) in [6.07, 6.45) is 11.7. The van der Waals surface area contributed by atoms with Gasteiger partial charge in [0, 0.05) is 12.1 Å². The van der Waals surface area contributed by atoms with Crippen molar-refractivity contribution in [3.05, 3.63) is 35.5 Å². The average molecular weight is 216 g/mol. The van der Waals surface area contributed by atoms with Gasteiger partial charge in [0.2, 0.25) is 0 Å². The molecule has 1 atom stereocenters. The summed E-state index contributed by atoms with van der Waals surface area (Å²) in [5.41, 5.74) is 3.35. The Bertz CT molecular complexity index is 370. The van der Waals surface area contributed by atoms with Crippen molar-refractivity contribution in [1.82, 2.24) is 10.6 Å². The molecular formula is C14H20N2. The van der Waals surface area contributed by atoms with Crippen molar-refractivity contribution < 1.29 is 0 Å². The van der Waals surface area contributed by atoms with Crippen molar-refractivity contribution in [2.45, 2.75) is 25.3 Å². The molecular weight excluding hydrogens is 196 g/mol. The van der Waals surface area contributed by atoms with E-state index in [1.165, 1.54) is 18.4 Å². The van der Waals surface area contributed by atoms with Crippen molar-refractivity contribution in [3.63, 3.8) is 0 Å². The predicted molar refractivity (Wildman–Crippen MR) is 67.3 cm³/mol. The molecule has 0 aromatic carbocycles. The third-order valence-electron chi connectivity index (χ3n) is 4.08. The minimum Gasteiger partial charge on any atom is -0.317 e.